The fourth-order valence-electron chi connectivity index (χ4n) is 3.46. The molecule has 5 heteroatoms. The lowest BCUT2D eigenvalue weighted by atomic mass is 9.87. The molecule has 0 aromatic rings. The lowest BCUT2D eigenvalue weighted by Crippen LogP contribution is -2.35. The van der Waals surface area contributed by atoms with Crippen molar-refractivity contribution in [1.29, 1.82) is 0 Å². The largest absolute Gasteiger partial charge is 0.381 e. The summed E-state index contributed by atoms with van der Waals surface area (Å²) in [5.41, 5.74) is 6.00. The number of methoxy groups -OCH3 is 1. The number of nitrogens with two attached hydrogens (primary N) is 1. The first kappa shape index (κ1) is 17.7. The van der Waals surface area contributed by atoms with E-state index in [0.29, 0.717) is 24.4 Å². The minimum Gasteiger partial charge on any atom is -0.381 e. The molecule has 118 valence electrons. The van der Waals surface area contributed by atoms with E-state index in [1.54, 1.807) is 7.11 Å². The molecule has 0 unspecified atom stereocenters. The highest BCUT2D eigenvalue weighted by molar-refractivity contribution is 5.85. The van der Waals surface area contributed by atoms with Crippen molar-refractivity contribution in [2.45, 2.75) is 63.5 Å². The minimum atomic E-state index is 0. The van der Waals surface area contributed by atoms with Gasteiger partial charge in [0.25, 0.3) is 0 Å². The summed E-state index contributed by atoms with van der Waals surface area (Å²) < 4.78 is 5.36. The molecule has 2 fully saturated rings. The fraction of sp³-hybridized carbons (Fsp3) is 0.933. The van der Waals surface area contributed by atoms with Crippen LogP contribution in [0.25, 0.3) is 0 Å². The third-order valence-corrected chi connectivity index (χ3v) is 4.88. The van der Waals surface area contributed by atoms with E-state index in [2.05, 4.69) is 5.32 Å². The average Bonchev–Trinajstić information content (AvgIpc) is 2.82. The van der Waals surface area contributed by atoms with Crippen LogP contribution in [0.2, 0.25) is 0 Å². The Balaban J connectivity index is 0.00000200. The van der Waals surface area contributed by atoms with Crippen molar-refractivity contribution < 1.29 is 9.53 Å². The van der Waals surface area contributed by atoms with Crippen LogP contribution >= 0.6 is 12.4 Å². The number of halogens is 1. The topological polar surface area (TPSA) is 64.3 Å². The van der Waals surface area contributed by atoms with E-state index in [-0.39, 0.29) is 24.4 Å². The Hall–Kier alpha value is -0.320. The van der Waals surface area contributed by atoms with E-state index in [4.69, 9.17) is 10.5 Å². The molecule has 0 bridgehead atoms. The van der Waals surface area contributed by atoms with Crippen LogP contribution in [0.3, 0.4) is 0 Å². The maximum atomic E-state index is 11.9. The van der Waals surface area contributed by atoms with Gasteiger partial charge in [-0.2, -0.15) is 0 Å². The van der Waals surface area contributed by atoms with Crippen LogP contribution in [0.5, 0.6) is 0 Å². The smallest absolute Gasteiger partial charge is 0.220 e. The van der Waals surface area contributed by atoms with Gasteiger partial charge in [-0.05, 0) is 50.4 Å². The Morgan fingerprint density at radius 1 is 1.20 bits per heavy atom. The second-order valence-electron chi connectivity index (χ2n) is 6.24. The van der Waals surface area contributed by atoms with Gasteiger partial charge >= 0.3 is 0 Å². The van der Waals surface area contributed by atoms with Crippen molar-refractivity contribution in [1.82, 2.24) is 5.32 Å². The highest BCUT2D eigenvalue weighted by atomic mass is 35.5. The lowest BCUT2D eigenvalue weighted by Gasteiger charge is -2.27. The quantitative estimate of drug-likeness (QED) is 0.819. The molecule has 2 aliphatic carbocycles. The number of hydrogen-bond acceptors (Lipinski definition) is 3. The maximum absolute atomic E-state index is 11.9. The number of nitrogens with one attached hydrogen (secondary N) is 1. The number of ether oxygens (including phenoxy) is 1. The predicted octanol–water partition coefficient (Wildman–Crippen LogP) is 2.25. The van der Waals surface area contributed by atoms with Crippen LogP contribution in [-0.4, -0.2) is 31.7 Å². The molecule has 2 aliphatic rings. The fourth-order valence-corrected chi connectivity index (χ4v) is 3.46. The molecule has 3 N–H and O–H groups in total. The zero-order valence-corrected chi connectivity index (χ0v) is 13.3. The highest BCUT2D eigenvalue weighted by Crippen LogP contribution is 2.27. The van der Waals surface area contributed by atoms with Gasteiger partial charge in [-0.3, -0.25) is 4.79 Å². The maximum Gasteiger partial charge on any atom is 0.220 e. The van der Waals surface area contributed by atoms with Crippen molar-refractivity contribution in [3.8, 4) is 0 Å². The van der Waals surface area contributed by atoms with E-state index in [9.17, 15) is 4.79 Å². The second-order valence-corrected chi connectivity index (χ2v) is 6.24. The normalized spacial score (nSPS) is 33.5. The highest BCUT2D eigenvalue weighted by Gasteiger charge is 2.26. The molecular formula is C15H29ClN2O2. The Bertz CT molecular complexity index is 294. The van der Waals surface area contributed by atoms with Gasteiger partial charge in [0.05, 0.1) is 6.10 Å². The number of carbonyl (C=O) groups excluding carboxylic acids is 1. The zero-order chi connectivity index (χ0) is 13.7. The van der Waals surface area contributed by atoms with Crippen molar-refractivity contribution >= 4 is 18.3 Å². The van der Waals surface area contributed by atoms with E-state index >= 15 is 0 Å². The molecule has 0 aromatic heterocycles. The average molecular weight is 305 g/mol. The Morgan fingerprint density at radius 3 is 2.45 bits per heavy atom. The Kier molecular flexibility index (Phi) is 7.85. The number of amides is 1. The van der Waals surface area contributed by atoms with Gasteiger partial charge in [0, 0.05) is 26.1 Å². The minimum absolute atomic E-state index is 0. The van der Waals surface area contributed by atoms with Gasteiger partial charge in [0.2, 0.25) is 5.91 Å². The van der Waals surface area contributed by atoms with Gasteiger partial charge in [-0.15, -0.1) is 12.4 Å². The molecule has 2 saturated carbocycles. The number of rotatable bonds is 5. The first-order valence-corrected chi connectivity index (χ1v) is 7.74. The summed E-state index contributed by atoms with van der Waals surface area (Å²) in [6.45, 7) is 0.831. The first-order chi connectivity index (χ1) is 9.19. The molecule has 0 saturated heterocycles. The van der Waals surface area contributed by atoms with Crippen molar-refractivity contribution in [2.75, 3.05) is 13.7 Å². The summed E-state index contributed by atoms with van der Waals surface area (Å²) >= 11 is 0. The summed E-state index contributed by atoms with van der Waals surface area (Å²) in [6, 6.07) is 0.239. The molecule has 0 heterocycles. The SMILES string of the molecule is COC1CCC(CNC(=O)C[C@@H]2CCC[C@H]2N)CC1.Cl. The molecule has 4 nitrogen and oxygen atoms in total. The van der Waals surface area contributed by atoms with E-state index in [1.165, 1.54) is 19.3 Å². The third kappa shape index (κ3) is 5.23. The van der Waals surface area contributed by atoms with Crippen LogP contribution < -0.4 is 11.1 Å². The molecule has 2 rings (SSSR count). The molecule has 1 amide bonds. The second kappa shape index (κ2) is 8.85. The van der Waals surface area contributed by atoms with E-state index in [1.807, 2.05) is 0 Å². The van der Waals surface area contributed by atoms with E-state index < -0.39 is 0 Å². The van der Waals surface area contributed by atoms with Crippen molar-refractivity contribution in [3.63, 3.8) is 0 Å². The summed E-state index contributed by atoms with van der Waals surface area (Å²) in [4.78, 5) is 11.9. The molecule has 0 aliphatic heterocycles. The van der Waals surface area contributed by atoms with E-state index in [0.717, 1.165) is 32.2 Å². The van der Waals surface area contributed by atoms with Crippen molar-refractivity contribution in [3.05, 3.63) is 0 Å². The molecule has 0 aromatic carbocycles. The predicted molar refractivity (Wildman–Crippen MR) is 82.9 cm³/mol. The molecular weight excluding hydrogens is 276 g/mol. The van der Waals surface area contributed by atoms with Crippen LogP contribution in [0, 0.1) is 11.8 Å². The summed E-state index contributed by atoms with van der Waals surface area (Å²) in [5.74, 6) is 1.23. The standard InChI is InChI=1S/C15H28N2O2.ClH/c1-19-13-7-5-11(6-8-13)10-17-15(18)9-12-3-2-4-14(12)16;/h11-14H,2-10,16H2,1H3,(H,17,18);1H/t11?,12-,13?,14+;/m0./s1. The van der Waals surface area contributed by atoms with Crippen molar-refractivity contribution in [2.24, 2.45) is 17.6 Å². The van der Waals surface area contributed by atoms with Gasteiger partial charge in [-0.25, -0.2) is 0 Å². The molecule has 0 spiro atoms. The van der Waals surface area contributed by atoms with Gasteiger partial charge in [-0.1, -0.05) is 6.42 Å². The van der Waals surface area contributed by atoms with Crippen LogP contribution in [0.4, 0.5) is 0 Å². The van der Waals surface area contributed by atoms with Gasteiger partial charge in [0.1, 0.15) is 0 Å². The monoisotopic (exact) mass is 304 g/mol. The Labute approximate surface area is 128 Å². The number of hydrogen-bond donors (Lipinski definition) is 2. The van der Waals surface area contributed by atoms with Gasteiger partial charge in [0.15, 0.2) is 0 Å². The molecule has 20 heavy (non-hydrogen) atoms. The third-order valence-electron chi connectivity index (χ3n) is 4.88. The molecule has 0 radical (unpaired) electrons. The van der Waals surface area contributed by atoms with Crippen LogP contribution in [0.1, 0.15) is 51.4 Å². The lowest BCUT2D eigenvalue weighted by molar-refractivity contribution is -0.122. The van der Waals surface area contributed by atoms with Crippen LogP contribution in [-0.2, 0) is 9.53 Å². The van der Waals surface area contributed by atoms with Crippen LogP contribution in [0.15, 0.2) is 0 Å². The summed E-state index contributed by atoms with van der Waals surface area (Å²) in [6.07, 6.45) is 9.03. The zero-order valence-electron chi connectivity index (χ0n) is 12.5. The molecule has 2 atom stereocenters. The Morgan fingerprint density at radius 2 is 1.90 bits per heavy atom. The number of carbonyl (C=O) groups is 1. The summed E-state index contributed by atoms with van der Waals surface area (Å²) in [5, 5.41) is 3.10. The van der Waals surface area contributed by atoms with Gasteiger partial charge < -0.3 is 15.8 Å². The first-order valence-electron chi connectivity index (χ1n) is 7.74. The summed E-state index contributed by atoms with van der Waals surface area (Å²) in [7, 11) is 1.79.